The molecule has 1 N–H and O–H groups in total. The summed E-state index contributed by atoms with van der Waals surface area (Å²) in [6, 6.07) is 2.12. The van der Waals surface area contributed by atoms with Gasteiger partial charge in [-0.2, -0.15) is 5.10 Å². The van der Waals surface area contributed by atoms with E-state index in [1.165, 1.54) is 0 Å². The molecule has 0 radical (unpaired) electrons. The molecule has 0 aliphatic carbocycles. The van der Waals surface area contributed by atoms with Crippen molar-refractivity contribution >= 4 is 5.91 Å². The summed E-state index contributed by atoms with van der Waals surface area (Å²) in [5.41, 5.74) is 1.48. The quantitative estimate of drug-likeness (QED) is 0.932. The largest absolute Gasteiger partial charge is 0.381 e. The van der Waals surface area contributed by atoms with Crippen LogP contribution in [-0.2, 0) is 10.3 Å². The molecular weight excluding hydrogens is 266 g/mol. The second kappa shape index (κ2) is 6.18. The third-order valence-electron chi connectivity index (χ3n) is 3.75. The lowest BCUT2D eigenvalue weighted by Gasteiger charge is -2.24. The van der Waals surface area contributed by atoms with Gasteiger partial charge in [0.15, 0.2) is 0 Å². The lowest BCUT2D eigenvalue weighted by atomic mass is 10.1. The number of aromatic nitrogens is 2. The van der Waals surface area contributed by atoms with Crippen LogP contribution in [0.15, 0.2) is 6.07 Å². The van der Waals surface area contributed by atoms with Gasteiger partial charge in [0.2, 0.25) is 0 Å². The van der Waals surface area contributed by atoms with Crippen LogP contribution in [0.2, 0.25) is 0 Å². The Kier molecular flexibility index (Phi) is 4.71. The smallest absolute Gasteiger partial charge is 0.272 e. The molecule has 5 heteroatoms. The summed E-state index contributed by atoms with van der Waals surface area (Å²) in [4.78, 5) is 12.4. The van der Waals surface area contributed by atoms with Gasteiger partial charge >= 0.3 is 0 Å². The Morgan fingerprint density at radius 2 is 2.00 bits per heavy atom. The maximum absolute atomic E-state index is 12.4. The number of nitrogens with zero attached hydrogens (tertiary/aromatic N) is 2. The lowest BCUT2D eigenvalue weighted by molar-refractivity contribution is 0.0693. The maximum atomic E-state index is 12.4. The summed E-state index contributed by atoms with van der Waals surface area (Å²) in [7, 11) is 0. The molecule has 2 heterocycles. The molecule has 0 spiro atoms. The number of hydrogen-bond donors (Lipinski definition) is 1. The van der Waals surface area contributed by atoms with Crippen LogP contribution in [0.25, 0.3) is 0 Å². The molecule has 1 saturated heterocycles. The van der Waals surface area contributed by atoms with Crippen molar-refractivity contribution in [2.75, 3.05) is 13.2 Å². The fraction of sp³-hybridized carbons (Fsp3) is 0.750. The van der Waals surface area contributed by atoms with Crippen LogP contribution >= 0.6 is 0 Å². The lowest BCUT2D eigenvalue weighted by Crippen LogP contribution is -2.39. The second-order valence-corrected chi connectivity index (χ2v) is 7.05. The van der Waals surface area contributed by atoms with Gasteiger partial charge in [-0.3, -0.25) is 9.48 Å². The highest BCUT2D eigenvalue weighted by atomic mass is 16.5. The zero-order valence-electron chi connectivity index (χ0n) is 13.8. The van der Waals surface area contributed by atoms with Crippen molar-refractivity contribution in [3.05, 3.63) is 17.5 Å². The fourth-order valence-electron chi connectivity index (χ4n) is 2.56. The first kappa shape index (κ1) is 16.0. The van der Waals surface area contributed by atoms with Crippen LogP contribution in [-0.4, -0.2) is 34.9 Å². The first-order valence-electron chi connectivity index (χ1n) is 7.78. The van der Waals surface area contributed by atoms with E-state index in [4.69, 9.17) is 4.74 Å². The predicted molar refractivity (Wildman–Crippen MR) is 82.6 cm³/mol. The molecular formula is C16H27N3O2. The normalized spacial score (nSPS) is 17.2. The third kappa shape index (κ3) is 3.84. The number of hydrogen-bond acceptors (Lipinski definition) is 3. The molecule has 1 amide bonds. The van der Waals surface area contributed by atoms with Crippen molar-refractivity contribution in [2.24, 2.45) is 0 Å². The van der Waals surface area contributed by atoms with E-state index in [0.29, 0.717) is 11.6 Å². The van der Waals surface area contributed by atoms with Crippen LogP contribution in [0.4, 0.5) is 0 Å². The van der Waals surface area contributed by atoms with Gasteiger partial charge < -0.3 is 10.1 Å². The summed E-state index contributed by atoms with van der Waals surface area (Å²) in [5.74, 6) is 0.258. The van der Waals surface area contributed by atoms with Crippen molar-refractivity contribution in [1.29, 1.82) is 0 Å². The van der Waals surface area contributed by atoms with E-state index >= 15 is 0 Å². The molecule has 5 nitrogen and oxygen atoms in total. The number of ether oxygens (including phenoxy) is 1. The molecule has 0 bridgehead atoms. The van der Waals surface area contributed by atoms with Gasteiger partial charge in [0.1, 0.15) is 5.69 Å². The Bertz CT molecular complexity index is 494. The first-order chi connectivity index (χ1) is 9.79. The maximum Gasteiger partial charge on any atom is 0.272 e. The highest BCUT2D eigenvalue weighted by molar-refractivity contribution is 5.92. The van der Waals surface area contributed by atoms with Crippen LogP contribution < -0.4 is 5.32 Å². The number of carbonyl (C=O) groups is 1. The number of amides is 1. The molecule has 1 aromatic heterocycles. The van der Waals surface area contributed by atoms with E-state index in [2.05, 4.69) is 45.0 Å². The minimum absolute atomic E-state index is 0.0770. The Morgan fingerprint density at radius 3 is 2.48 bits per heavy atom. The van der Waals surface area contributed by atoms with Crippen LogP contribution in [0.3, 0.4) is 0 Å². The molecule has 1 aromatic rings. The summed E-state index contributed by atoms with van der Waals surface area (Å²) >= 11 is 0. The summed E-state index contributed by atoms with van der Waals surface area (Å²) in [6.07, 6.45) is 1.76. The van der Waals surface area contributed by atoms with Gasteiger partial charge in [-0.15, -0.1) is 0 Å². The van der Waals surface area contributed by atoms with E-state index in [0.717, 1.165) is 31.7 Å². The molecule has 2 rings (SSSR count). The van der Waals surface area contributed by atoms with E-state index in [1.807, 2.05) is 10.7 Å². The van der Waals surface area contributed by atoms with Crippen molar-refractivity contribution in [2.45, 2.75) is 65.0 Å². The standard InChI is InChI=1S/C16H27N3O2/c1-11(2)14-10-13(18-19(14)16(3,4)5)15(20)17-12-6-8-21-9-7-12/h10-12H,6-9H2,1-5H3,(H,17,20). The van der Waals surface area contributed by atoms with Crippen molar-refractivity contribution < 1.29 is 9.53 Å². The highest BCUT2D eigenvalue weighted by Crippen LogP contribution is 2.23. The van der Waals surface area contributed by atoms with Crippen molar-refractivity contribution in [3.8, 4) is 0 Å². The monoisotopic (exact) mass is 293 g/mol. The Balaban J connectivity index is 2.17. The van der Waals surface area contributed by atoms with Crippen LogP contribution in [0.5, 0.6) is 0 Å². The van der Waals surface area contributed by atoms with Crippen molar-refractivity contribution in [3.63, 3.8) is 0 Å². The summed E-state index contributed by atoms with van der Waals surface area (Å²) in [6.45, 7) is 12.0. The zero-order chi connectivity index (χ0) is 15.6. The minimum atomic E-state index is -0.128. The zero-order valence-corrected chi connectivity index (χ0v) is 13.8. The SMILES string of the molecule is CC(C)c1cc(C(=O)NC2CCOCC2)nn1C(C)(C)C. The molecule has 0 unspecified atom stereocenters. The van der Waals surface area contributed by atoms with E-state index in [-0.39, 0.29) is 17.5 Å². The summed E-state index contributed by atoms with van der Waals surface area (Å²) in [5, 5.41) is 7.61. The molecule has 0 aromatic carbocycles. The molecule has 118 valence electrons. The van der Waals surface area contributed by atoms with E-state index < -0.39 is 0 Å². The predicted octanol–water partition coefficient (Wildman–Crippen LogP) is 2.67. The van der Waals surface area contributed by atoms with Gasteiger partial charge in [0, 0.05) is 24.9 Å². The van der Waals surface area contributed by atoms with Gasteiger partial charge in [0.05, 0.1) is 5.54 Å². The highest BCUT2D eigenvalue weighted by Gasteiger charge is 2.25. The molecule has 1 fully saturated rings. The second-order valence-electron chi connectivity index (χ2n) is 7.05. The summed E-state index contributed by atoms with van der Waals surface area (Å²) < 4.78 is 7.28. The van der Waals surface area contributed by atoms with Crippen molar-refractivity contribution in [1.82, 2.24) is 15.1 Å². The third-order valence-corrected chi connectivity index (χ3v) is 3.75. The Labute approximate surface area is 127 Å². The molecule has 21 heavy (non-hydrogen) atoms. The average molecular weight is 293 g/mol. The molecule has 1 aliphatic rings. The van der Waals surface area contributed by atoms with E-state index in [9.17, 15) is 4.79 Å². The van der Waals surface area contributed by atoms with Crippen LogP contribution in [0.1, 0.15) is 69.6 Å². The van der Waals surface area contributed by atoms with Gasteiger partial charge in [-0.05, 0) is 45.6 Å². The van der Waals surface area contributed by atoms with Gasteiger partial charge in [-0.1, -0.05) is 13.8 Å². The Morgan fingerprint density at radius 1 is 1.38 bits per heavy atom. The first-order valence-corrected chi connectivity index (χ1v) is 7.78. The molecule has 0 atom stereocenters. The number of rotatable bonds is 3. The van der Waals surface area contributed by atoms with Crippen LogP contribution in [0, 0.1) is 0 Å². The average Bonchev–Trinajstić information content (AvgIpc) is 2.85. The minimum Gasteiger partial charge on any atom is -0.381 e. The van der Waals surface area contributed by atoms with E-state index in [1.54, 1.807) is 0 Å². The Hall–Kier alpha value is -1.36. The molecule has 0 saturated carbocycles. The fourth-order valence-corrected chi connectivity index (χ4v) is 2.56. The number of carbonyl (C=O) groups excluding carboxylic acids is 1. The van der Waals surface area contributed by atoms with Gasteiger partial charge in [0.25, 0.3) is 5.91 Å². The topological polar surface area (TPSA) is 56.1 Å². The molecule has 1 aliphatic heterocycles. The van der Waals surface area contributed by atoms with Gasteiger partial charge in [-0.25, -0.2) is 0 Å². The number of nitrogens with one attached hydrogen (secondary N) is 1.